The van der Waals surface area contributed by atoms with E-state index in [2.05, 4.69) is 25.8 Å². The molecule has 0 unspecified atom stereocenters. The Morgan fingerprint density at radius 3 is 2.82 bits per heavy atom. The van der Waals surface area contributed by atoms with E-state index in [-0.39, 0.29) is 5.91 Å². The van der Waals surface area contributed by atoms with Crippen LogP contribution in [0.25, 0.3) is 0 Å². The second kappa shape index (κ2) is 6.49. The van der Waals surface area contributed by atoms with Gasteiger partial charge in [0, 0.05) is 25.5 Å². The summed E-state index contributed by atoms with van der Waals surface area (Å²) in [4.78, 5) is 18.8. The predicted octanol–water partition coefficient (Wildman–Crippen LogP) is 1.43. The lowest BCUT2D eigenvalue weighted by Gasteiger charge is -2.30. The van der Waals surface area contributed by atoms with Crippen LogP contribution in [0.1, 0.15) is 44.3 Å². The molecule has 1 amide bonds. The Morgan fingerprint density at radius 1 is 1.32 bits per heavy atom. The quantitative estimate of drug-likeness (QED) is 0.857. The number of hydrogen-bond donors (Lipinski definition) is 1. The molecule has 0 saturated heterocycles. The Labute approximate surface area is 131 Å². The molecule has 0 radical (unpaired) electrons. The van der Waals surface area contributed by atoms with E-state index in [0.717, 1.165) is 57.4 Å². The highest BCUT2D eigenvalue weighted by molar-refractivity contribution is 5.79. The molecule has 118 valence electrons. The van der Waals surface area contributed by atoms with Crippen LogP contribution in [-0.4, -0.2) is 39.0 Å². The number of carbonyl (C=O) groups is 1. The summed E-state index contributed by atoms with van der Waals surface area (Å²) in [5, 5.41) is 12.6. The second-order valence-corrected chi connectivity index (χ2v) is 6.40. The van der Waals surface area contributed by atoms with Gasteiger partial charge in [0.25, 0.3) is 0 Å². The van der Waals surface area contributed by atoms with Crippen molar-refractivity contribution in [2.45, 2.75) is 57.2 Å². The van der Waals surface area contributed by atoms with Crippen molar-refractivity contribution in [3.05, 3.63) is 18.2 Å². The maximum Gasteiger partial charge on any atom is 0.235 e. The molecule has 1 aliphatic carbocycles. The maximum absolute atomic E-state index is 12.4. The van der Waals surface area contributed by atoms with Gasteiger partial charge in [0.2, 0.25) is 5.91 Å². The smallest absolute Gasteiger partial charge is 0.235 e. The molecule has 1 aromatic rings. The van der Waals surface area contributed by atoms with E-state index >= 15 is 0 Å². The highest BCUT2D eigenvalue weighted by Gasteiger charge is 2.33. The van der Waals surface area contributed by atoms with E-state index in [1.807, 2.05) is 6.20 Å². The van der Waals surface area contributed by atoms with E-state index in [9.17, 15) is 10.1 Å². The molecule has 6 nitrogen and oxygen atoms in total. The van der Waals surface area contributed by atoms with Gasteiger partial charge in [-0.15, -0.1) is 0 Å². The zero-order chi connectivity index (χ0) is 15.4. The standard InChI is InChI=1S/C16H23N5O/c17-13-16(5-3-1-2-4-6-16)19-15(22)12-20-9-10-21-8-7-18-14(21)11-20/h7-8H,1-6,9-12H2,(H,19,22). The number of imidazole rings is 1. The van der Waals surface area contributed by atoms with Crippen LogP contribution in [0.3, 0.4) is 0 Å². The lowest BCUT2D eigenvalue weighted by molar-refractivity contribution is -0.124. The summed E-state index contributed by atoms with van der Waals surface area (Å²) < 4.78 is 2.12. The average molecular weight is 301 g/mol. The molecule has 2 aliphatic rings. The number of aromatic nitrogens is 2. The third kappa shape index (κ3) is 3.30. The molecule has 1 aliphatic heterocycles. The highest BCUT2D eigenvalue weighted by Crippen LogP contribution is 2.26. The number of carbonyl (C=O) groups excluding carboxylic acids is 1. The van der Waals surface area contributed by atoms with Gasteiger partial charge in [0.1, 0.15) is 11.4 Å². The first-order valence-electron chi connectivity index (χ1n) is 8.15. The number of nitrogens with one attached hydrogen (secondary N) is 1. The molecule has 2 heterocycles. The van der Waals surface area contributed by atoms with Gasteiger partial charge in [0.15, 0.2) is 0 Å². The number of amides is 1. The molecular formula is C16H23N5O. The van der Waals surface area contributed by atoms with Crippen LogP contribution in [0.2, 0.25) is 0 Å². The van der Waals surface area contributed by atoms with Crippen molar-refractivity contribution in [3.8, 4) is 6.07 Å². The van der Waals surface area contributed by atoms with Crippen LogP contribution in [0.5, 0.6) is 0 Å². The second-order valence-electron chi connectivity index (χ2n) is 6.40. The van der Waals surface area contributed by atoms with Gasteiger partial charge >= 0.3 is 0 Å². The molecule has 1 fully saturated rings. The Kier molecular flexibility index (Phi) is 4.44. The Hall–Kier alpha value is -1.87. The monoisotopic (exact) mass is 301 g/mol. The highest BCUT2D eigenvalue weighted by atomic mass is 16.2. The van der Waals surface area contributed by atoms with Gasteiger partial charge < -0.3 is 9.88 Å². The van der Waals surface area contributed by atoms with Crippen LogP contribution in [-0.2, 0) is 17.9 Å². The molecule has 6 heteroatoms. The topological polar surface area (TPSA) is 74.0 Å². The summed E-state index contributed by atoms with van der Waals surface area (Å²) in [6.45, 7) is 2.75. The van der Waals surface area contributed by atoms with Gasteiger partial charge in [-0.2, -0.15) is 5.26 Å². The Balaban J connectivity index is 1.57. The van der Waals surface area contributed by atoms with E-state index < -0.39 is 5.54 Å². The van der Waals surface area contributed by atoms with Gasteiger partial charge in [-0.1, -0.05) is 25.7 Å². The maximum atomic E-state index is 12.4. The van der Waals surface area contributed by atoms with Crippen LogP contribution < -0.4 is 5.32 Å². The molecule has 22 heavy (non-hydrogen) atoms. The Morgan fingerprint density at radius 2 is 2.09 bits per heavy atom. The molecular weight excluding hydrogens is 278 g/mol. The minimum absolute atomic E-state index is 0.0385. The Bertz CT molecular complexity index is 565. The average Bonchev–Trinajstić information content (AvgIpc) is 2.85. The van der Waals surface area contributed by atoms with Crippen molar-refractivity contribution < 1.29 is 4.79 Å². The van der Waals surface area contributed by atoms with Crippen LogP contribution in [0.15, 0.2) is 12.4 Å². The summed E-state index contributed by atoms with van der Waals surface area (Å²) in [5.41, 5.74) is -0.651. The van der Waals surface area contributed by atoms with Crippen LogP contribution >= 0.6 is 0 Å². The zero-order valence-corrected chi connectivity index (χ0v) is 12.9. The fourth-order valence-corrected chi connectivity index (χ4v) is 3.46. The number of nitriles is 1. The minimum atomic E-state index is -0.651. The normalized spacial score (nSPS) is 21.4. The van der Waals surface area contributed by atoms with E-state index in [4.69, 9.17) is 0 Å². The fraction of sp³-hybridized carbons (Fsp3) is 0.688. The van der Waals surface area contributed by atoms with Crippen molar-refractivity contribution in [3.63, 3.8) is 0 Å². The minimum Gasteiger partial charge on any atom is -0.337 e. The van der Waals surface area contributed by atoms with Gasteiger partial charge in [0.05, 0.1) is 19.2 Å². The van der Waals surface area contributed by atoms with E-state index in [0.29, 0.717) is 13.1 Å². The van der Waals surface area contributed by atoms with Crippen molar-refractivity contribution >= 4 is 5.91 Å². The van der Waals surface area contributed by atoms with Gasteiger partial charge in [-0.3, -0.25) is 9.69 Å². The molecule has 3 rings (SSSR count). The van der Waals surface area contributed by atoms with Crippen LogP contribution in [0.4, 0.5) is 0 Å². The third-order valence-electron chi connectivity index (χ3n) is 4.74. The van der Waals surface area contributed by atoms with Crippen molar-refractivity contribution in [2.75, 3.05) is 13.1 Å². The predicted molar refractivity (Wildman–Crippen MR) is 81.7 cm³/mol. The van der Waals surface area contributed by atoms with Crippen LogP contribution in [0, 0.1) is 11.3 Å². The molecule has 0 bridgehead atoms. The molecule has 0 atom stereocenters. The number of rotatable bonds is 3. The lowest BCUT2D eigenvalue weighted by Crippen LogP contribution is -2.51. The van der Waals surface area contributed by atoms with Crippen molar-refractivity contribution in [2.24, 2.45) is 0 Å². The fourth-order valence-electron chi connectivity index (χ4n) is 3.46. The van der Waals surface area contributed by atoms with Crippen molar-refractivity contribution in [1.29, 1.82) is 5.26 Å². The summed E-state index contributed by atoms with van der Waals surface area (Å²) in [6, 6.07) is 2.37. The SMILES string of the molecule is N#CC1(NC(=O)CN2CCn3ccnc3C2)CCCCCC1. The van der Waals surface area contributed by atoms with Crippen molar-refractivity contribution in [1.82, 2.24) is 19.8 Å². The first-order chi connectivity index (χ1) is 10.7. The molecule has 0 aromatic carbocycles. The third-order valence-corrected chi connectivity index (χ3v) is 4.74. The first-order valence-corrected chi connectivity index (χ1v) is 8.15. The first kappa shape index (κ1) is 15.0. The summed E-state index contributed by atoms with van der Waals surface area (Å²) in [6.07, 6.45) is 9.70. The molecule has 0 spiro atoms. The largest absolute Gasteiger partial charge is 0.337 e. The lowest BCUT2D eigenvalue weighted by atomic mass is 9.92. The van der Waals surface area contributed by atoms with Gasteiger partial charge in [-0.05, 0) is 12.8 Å². The zero-order valence-electron chi connectivity index (χ0n) is 12.9. The van der Waals surface area contributed by atoms with Gasteiger partial charge in [-0.25, -0.2) is 4.98 Å². The molecule has 1 N–H and O–H groups in total. The summed E-state index contributed by atoms with van der Waals surface area (Å²) in [5.74, 6) is 0.965. The number of fused-ring (bicyclic) bond motifs is 1. The molecule has 1 saturated carbocycles. The van der Waals surface area contributed by atoms with E-state index in [1.165, 1.54) is 0 Å². The van der Waals surface area contributed by atoms with E-state index in [1.54, 1.807) is 6.20 Å². The summed E-state index contributed by atoms with van der Waals surface area (Å²) in [7, 11) is 0. The molecule has 1 aromatic heterocycles. The number of nitrogens with zero attached hydrogens (tertiary/aromatic N) is 4. The summed E-state index contributed by atoms with van der Waals surface area (Å²) >= 11 is 0. The number of hydrogen-bond acceptors (Lipinski definition) is 4.